The van der Waals surface area contributed by atoms with Crippen molar-refractivity contribution in [3.05, 3.63) is 70.8 Å². The minimum atomic E-state index is -1.26. The number of nitrogens with one attached hydrogen (secondary N) is 2. The number of aliphatic hydroxyl groups excluding tert-OH is 1. The number of aliphatic hydroxyl groups is 1. The van der Waals surface area contributed by atoms with Gasteiger partial charge < -0.3 is 25.4 Å². The first-order valence-electron chi connectivity index (χ1n) is 14.3. The third-order valence-electron chi connectivity index (χ3n) is 6.56. The van der Waals surface area contributed by atoms with Gasteiger partial charge in [-0.3, -0.25) is 9.59 Å². The van der Waals surface area contributed by atoms with Gasteiger partial charge in [-0.2, -0.15) is 0 Å². The monoisotopic (exact) mass is 553 g/mol. The van der Waals surface area contributed by atoms with Crippen molar-refractivity contribution < 1.29 is 24.2 Å². The maximum Gasteiger partial charge on any atom is 0.408 e. The lowest BCUT2D eigenvalue weighted by Gasteiger charge is -2.35. The summed E-state index contributed by atoms with van der Waals surface area (Å²) in [5.41, 5.74) is 2.71. The molecule has 0 saturated heterocycles. The predicted molar refractivity (Wildman–Crippen MR) is 158 cm³/mol. The molecule has 8 nitrogen and oxygen atoms in total. The topological polar surface area (TPSA) is 108 Å². The number of alkyl carbamates (subject to hydrolysis) is 1. The van der Waals surface area contributed by atoms with E-state index >= 15 is 0 Å². The lowest BCUT2D eigenvalue weighted by Crippen LogP contribution is -2.54. The lowest BCUT2D eigenvalue weighted by molar-refractivity contribution is -0.143. The van der Waals surface area contributed by atoms with Gasteiger partial charge in [-0.05, 0) is 57.7 Å². The first-order valence-corrected chi connectivity index (χ1v) is 14.3. The van der Waals surface area contributed by atoms with E-state index < -0.39 is 36.3 Å². The van der Waals surface area contributed by atoms with Crippen molar-refractivity contribution in [3.8, 4) is 0 Å². The van der Waals surface area contributed by atoms with E-state index in [1.807, 2.05) is 62.4 Å². The number of carbonyl (C=O) groups excluding carboxylic acids is 3. The van der Waals surface area contributed by atoms with Crippen LogP contribution in [0.2, 0.25) is 0 Å². The van der Waals surface area contributed by atoms with E-state index in [1.54, 1.807) is 20.8 Å². The number of nitrogens with zero attached hydrogens (tertiary/aromatic N) is 1. The lowest BCUT2D eigenvalue weighted by atomic mass is 9.95. The summed E-state index contributed by atoms with van der Waals surface area (Å²) in [6.07, 6.45) is 3.97. The number of aryl methyl sites for hydroxylation is 2. The average Bonchev–Trinajstić information content (AvgIpc) is 2.90. The summed E-state index contributed by atoms with van der Waals surface area (Å²) in [5, 5.41) is 15.7. The molecule has 220 valence electrons. The van der Waals surface area contributed by atoms with Crippen LogP contribution in [0.5, 0.6) is 0 Å². The van der Waals surface area contributed by atoms with Gasteiger partial charge in [0.1, 0.15) is 17.7 Å². The Labute approximate surface area is 239 Å². The molecular weight excluding hydrogens is 506 g/mol. The summed E-state index contributed by atoms with van der Waals surface area (Å²) in [4.78, 5) is 41.9. The maximum atomic E-state index is 14.0. The Morgan fingerprint density at radius 2 is 1.65 bits per heavy atom. The number of benzene rings is 2. The van der Waals surface area contributed by atoms with Crippen molar-refractivity contribution in [2.75, 3.05) is 13.2 Å². The Morgan fingerprint density at radius 3 is 2.27 bits per heavy atom. The van der Waals surface area contributed by atoms with Gasteiger partial charge in [0.2, 0.25) is 11.8 Å². The fourth-order valence-corrected chi connectivity index (χ4v) is 4.47. The van der Waals surface area contributed by atoms with Crippen molar-refractivity contribution in [1.29, 1.82) is 0 Å². The van der Waals surface area contributed by atoms with Gasteiger partial charge in [-0.1, -0.05) is 86.7 Å². The molecule has 0 saturated carbocycles. The van der Waals surface area contributed by atoms with Crippen molar-refractivity contribution >= 4 is 17.9 Å². The number of unbranched alkanes of at least 4 members (excludes halogenated alkanes) is 4. The van der Waals surface area contributed by atoms with Crippen molar-refractivity contribution in [1.82, 2.24) is 15.5 Å². The maximum absolute atomic E-state index is 14.0. The van der Waals surface area contributed by atoms with Gasteiger partial charge >= 0.3 is 6.09 Å². The number of rotatable bonds is 14. The zero-order chi connectivity index (χ0) is 29.7. The second-order valence-electron chi connectivity index (χ2n) is 11.3. The van der Waals surface area contributed by atoms with Crippen LogP contribution in [0.1, 0.15) is 88.1 Å². The highest BCUT2D eigenvalue weighted by Gasteiger charge is 2.36. The Morgan fingerprint density at radius 1 is 0.975 bits per heavy atom. The zero-order valence-electron chi connectivity index (χ0n) is 25.0. The van der Waals surface area contributed by atoms with Crippen LogP contribution in [0.25, 0.3) is 0 Å². The third-order valence-corrected chi connectivity index (χ3v) is 6.56. The highest BCUT2D eigenvalue weighted by atomic mass is 16.6. The molecule has 0 fully saturated rings. The number of hydrogen-bond acceptors (Lipinski definition) is 5. The second-order valence-corrected chi connectivity index (χ2v) is 11.3. The molecule has 2 unspecified atom stereocenters. The normalized spacial score (nSPS) is 12.8. The Bertz CT molecular complexity index is 1100. The average molecular weight is 554 g/mol. The van der Waals surface area contributed by atoms with E-state index in [4.69, 9.17) is 4.74 Å². The quantitative estimate of drug-likeness (QED) is 0.274. The molecule has 8 heteroatoms. The summed E-state index contributed by atoms with van der Waals surface area (Å²) in [7, 11) is 0. The van der Waals surface area contributed by atoms with Crippen molar-refractivity contribution in [2.24, 2.45) is 0 Å². The first-order chi connectivity index (χ1) is 19.0. The van der Waals surface area contributed by atoms with E-state index in [2.05, 4.69) is 17.6 Å². The Hall–Kier alpha value is -3.39. The Kier molecular flexibility index (Phi) is 13.1. The van der Waals surface area contributed by atoms with Crippen LogP contribution in [0.4, 0.5) is 4.79 Å². The Balaban J connectivity index is 2.45. The molecule has 3 N–H and O–H groups in total. The molecule has 2 aromatic rings. The molecule has 2 atom stereocenters. The molecule has 0 aliphatic carbocycles. The van der Waals surface area contributed by atoms with E-state index in [-0.39, 0.29) is 5.91 Å². The van der Waals surface area contributed by atoms with Gasteiger partial charge in [-0.15, -0.1) is 0 Å². The smallest absolute Gasteiger partial charge is 0.408 e. The second kappa shape index (κ2) is 16.0. The molecule has 0 aliphatic heterocycles. The molecule has 0 aliphatic rings. The summed E-state index contributed by atoms with van der Waals surface area (Å²) in [5.74, 6) is -0.863. The summed E-state index contributed by atoms with van der Waals surface area (Å²) in [6.45, 7) is 11.1. The van der Waals surface area contributed by atoms with Crippen LogP contribution in [-0.2, 0) is 20.9 Å². The third kappa shape index (κ3) is 10.6. The van der Waals surface area contributed by atoms with Gasteiger partial charge in [0.05, 0.1) is 6.61 Å². The zero-order valence-corrected chi connectivity index (χ0v) is 25.0. The molecule has 0 radical (unpaired) electrons. The molecule has 2 aromatic carbocycles. The molecular formula is C32H47N3O5. The summed E-state index contributed by atoms with van der Waals surface area (Å²) < 4.78 is 5.33. The number of carbonyl (C=O) groups is 3. The van der Waals surface area contributed by atoms with E-state index in [0.717, 1.165) is 42.4 Å². The molecule has 2 rings (SSSR count). The SMILES string of the molecule is CCCCCCCN(C(=O)C(CO)NC(=O)OC(C)(C)C)C(C(=O)NCc1ccccc1)c1cc(C)ccc1C. The fraction of sp³-hybridized carbons (Fsp3) is 0.531. The molecule has 0 aromatic heterocycles. The van der Waals surface area contributed by atoms with Gasteiger partial charge in [-0.25, -0.2) is 4.79 Å². The fourth-order valence-electron chi connectivity index (χ4n) is 4.47. The molecule has 40 heavy (non-hydrogen) atoms. The highest BCUT2D eigenvalue weighted by Crippen LogP contribution is 2.27. The van der Waals surface area contributed by atoms with Crippen LogP contribution in [0.3, 0.4) is 0 Å². The molecule has 0 heterocycles. The molecule has 3 amide bonds. The standard InChI is InChI=1S/C32H47N3O5/c1-7-8-9-10-14-19-35(30(38)27(22-36)34-31(39)40-32(4,5)6)28(26-20-23(2)17-18-24(26)3)29(37)33-21-25-15-12-11-13-16-25/h11-13,15-18,20,27-28,36H,7-10,14,19,21-22H2,1-6H3,(H,33,37)(H,34,39). The highest BCUT2D eigenvalue weighted by molar-refractivity contribution is 5.92. The minimum absolute atomic E-state index is 0.297. The number of hydrogen-bond donors (Lipinski definition) is 3. The van der Waals surface area contributed by atoms with Crippen LogP contribution >= 0.6 is 0 Å². The van der Waals surface area contributed by atoms with Gasteiger partial charge in [0.25, 0.3) is 0 Å². The summed E-state index contributed by atoms with van der Waals surface area (Å²) >= 11 is 0. The largest absolute Gasteiger partial charge is 0.444 e. The van der Waals surface area contributed by atoms with E-state index in [0.29, 0.717) is 25.1 Å². The van der Waals surface area contributed by atoms with E-state index in [1.165, 1.54) is 4.90 Å². The molecule has 0 spiro atoms. The predicted octanol–water partition coefficient (Wildman–Crippen LogP) is 5.35. The summed E-state index contributed by atoms with van der Waals surface area (Å²) in [6, 6.07) is 13.2. The molecule has 0 bridgehead atoms. The van der Waals surface area contributed by atoms with Crippen molar-refractivity contribution in [3.63, 3.8) is 0 Å². The minimum Gasteiger partial charge on any atom is -0.444 e. The van der Waals surface area contributed by atoms with Gasteiger partial charge in [0.15, 0.2) is 0 Å². The number of ether oxygens (including phenoxy) is 1. The van der Waals surface area contributed by atoms with Crippen molar-refractivity contribution in [2.45, 2.75) is 97.9 Å². The van der Waals surface area contributed by atoms with Crippen LogP contribution < -0.4 is 10.6 Å². The van der Waals surface area contributed by atoms with Gasteiger partial charge in [0, 0.05) is 13.1 Å². The first kappa shape index (κ1) is 32.8. The van der Waals surface area contributed by atoms with Crippen LogP contribution in [0, 0.1) is 13.8 Å². The van der Waals surface area contributed by atoms with E-state index in [9.17, 15) is 19.5 Å². The number of amides is 3. The van der Waals surface area contributed by atoms with Crippen LogP contribution in [0.15, 0.2) is 48.5 Å². The van der Waals surface area contributed by atoms with Crippen LogP contribution in [-0.4, -0.2) is 52.7 Å².